The van der Waals surface area contributed by atoms with Crippen molar-refractivity contribution in [1.82, 2.24) is 14.3 Å². The molecule has 1 saturated heterocycles. The molecule has 0 radical (unpaired) electrons. The van der Waals surface area contributed by atoms with Crippen LogP contribution >= 0.6 is 0 Å². The molecule has 188 valence electrons. The number of imidazole rings is 1. The summed E-state index contributed by atoms with van der Waals surface area (Å²) < 4.78 is 7.57. The molecule has 4 aromatic rings. The third kappa shape index (κ3) is 4.37. The van der Waals surface area contributed by atoms with Crippen molar-refractivity contribution in [3.05, 3.63) is 107 Å². The van der Waals surface area contributed by atoms with Crippen molar-refractivity contribution in [2.75, 3.05) is 13.2 Å². The zero-order valence-electron chi connectivity index (χ0n) is 21.1. The van der Waals surface area contributed by atoms with Crippen molar-refractivity contribution in [3.63, 3.8) is 0 Å². The molecular weight excluding hydrogens is 466 g/mol. The van der Waals surface area contributed by atoms with E-state index >= 15 is 0 Å². The average Bonchev–Trinajstić information content (AvgIpc) is 3.38. The Morgan fingerprint density at radius 1 is 1.03 bits per heavy atom. The molecule has 3 heterocycles. The number of ether oxygens (including phenoxy) is 1. The number of amides is 1. The predicted octanol–water partition coefficient (Wildman–Crippen LogP) is 5.01. The summed E-state index contributed by atoms with van der Waals surface area (Å²) >= 11 is 0. The van der Waals surface area contributed by atoms with Crippen molar-refractivity contribution in [2.24, 2.45) is 0 Å². The average molecular weight is 496 g/mol. The van der Waals surface area contributed by atoms with Gasteiger partial charge in [-0.3, -0.25) is 9.59 Å². The van der Waals surface area contributed by atoms with Crippen molar-refractivity contribution in [2.45, 2.75) is 33.2 Å². The standard InChI is InChI=1S/C30H29N3O4/c1-4-37-23-14-8-13-22(18-23)26-24(27(34)25-20(3)32-16-9-10-19(2)29(32)31-25)28(35)30(36)33(26)17-15-21-11-6-5-7-12-21/h5-14,16,18,26,34H,4,15,17H2,1-3H3. The predicted molar refractivity (Wildman–Crippen MR) is 141 cm³/mol. The number of pyridine rings is 1. The SMILES string of the molecule is CCOc1cccc(C2C(=C(O)c3nc4c(C)cccn4c3C)C(=O)C(=O)N2CCc2ccccc2)c1. The Kier molecular flexibility index (Phi) is 6.53. The van der Waals surface area contributed by atoms with Gasteiger partial charge in [-0.1, -0.05) is 48.5 Å². The second-order valence-electron chi connectivity index (χ2n) is 9.16. The van der Waals surface area contributed by atoms with Gasteiger partial charge >= 0.3 is 0 Å². The smallest absolute Gasteiger partial charge is 0.295 e. The molecule has 2 aromatic heterocycles. The van der Waals surface area contributed by atoms with Crippen LogP contribution in [0.2, 0.25) is 0 Å². The number of ketones is 1. The second kappa shape index (κ2) is 9.93. The van der Waals surface area contributed by atoms with Crippen LogP contribution in [-0.4, -0.2) is 44.2 Å². The minimum Gasteiger partial charge on any atom is -0.505 e. The van der Waals surface area contributed by atoms with Crippen LogP contribution in [0.3, 0.4) is 0 Å². The molecule has 0 saturated carbocycles. The summed E-state index contributed by atoms with van der Waals surface area (Å²) in [7, 11) is 0. The molecule has 1 aliphatic rings. The summed E-state index contributed by atoms with van der Waals surface area (Å²) in [6.07, 6.45) is 2.44. The van der Waals surface area contributed by atoms with E-state index < -0.39 is 17.7 Å². The van der Waals surface area contributed by atoms with E-state index in [2.05, 4.69) is 4.98 Å². The minimum atomic E-state index is -0.769. The minimum absolute atomic E-state index is 0.0378. The molecule has 1 fully saturated rings. The molecule has 0 aliphatic carbocycles. The molecule has 1 amide bonds. The van der Waals surface area contributed by atoms with Gasteiger partial charge in [0, 0.05) is 12.7 Å². The fourth-order valence-electron chi connectivity index (χ4n) is 4.97. The largest absolute Gasteiger partial charge is 0.505 e. The van der Waals surface area contributed by atoms with E-state index in [1.165, 1.54) is 0 Å². The van der Waals surface area contributed by atoms with E-state index in [9.17, 15) is 14.7 Å². The van der Waals surface area contributed by atoms with Crippen LogP contribution in [0.1, 0.15) is 41.0 Å². The van der Waals surface area contributed by atoms with Crippen LogP contribution in [0.4, 0.5) is 0 Å². The van der Waals surface area contributed by atoms with Crippen LogP contribution in [0.15, 0.2) is 78.5 Å². The van der Waals surface area contributed by atoms with Crippen molar-refractivity contribution in [3.8, 4) is 5.75 Å². The number of benzene rings is 2. The number of aliphatic hydroxyl groups excluding tert-OH is 1. The highest BCUT2D eigenvalue weighted by Crippen LogP contribution is 2.40. The van der Waals surface area contributed by atoms with Gasteiger partial charge in [0.05, 0.1) is 23.9 Å². The van der Waals surface area contributed by atoms with Crippen LogP contribution in [-0.2, 0) is 16.0 Å². The molecule has 5 rings (SSSR count). The first-order valence-corrected chi connectivity index (χ1v) is 12.4. The van der Waals surface area contributed by atoms with Gasteiger partial charge in [0.2, 0.25) is 0 Å². The Morgan fingerprint density at radius 3 is 2.54 bits per heavy atom. The lowest BCUT2D eigenvalue weighted by atomic mass is 9.96. The van der Waals surface area contributed by atoms with Gasteiger partial charge in [-0.05, 0) is 62.1 Å². The van der Waals surface area contributed by atoms with Gasteiger partial charge in [0.1, 0.15) is 17.1 Å². The lowest BCUT2D eigenvalue weighted by molar-refractivity contribution is -0.139. The molecule has 1 aliphatic heterocycles. The first-order chi connectivity index (χ1) is 17.9. The first-order valence-electron chi connectivity index (χ1n) is 12.4. The number of carbonyl (C=O) groups is 2. The van der Waals surface area contributed by atoms with E-state index in [1.807, 2.05) is 98.1 Å². The van der Waals surface area contributed by atoms with E-state index in [-0.39, 0.29) is 11.3 Å². The summed E-state index contributed by atoms with van der Waals surface area (Å²) in [5, 5.41) is 11.6. The molecule has 7 nitrogen and oxygen atoms in total. The van der Waals surface area contributed by atoms with Gasteiger partial charge in [-0.15, -0.1) is 0 Å². The third-order valence-electron chi connectivity index (χ3n) is 6.82. The summed E-state index contributed by atoms with van der Waals surface area (Å²) in [6, 6.07) is 20.2. The maximum absolute atomic E-state index is 13.5. The summed E-state index contributed by atoms with van der Waals surface area (Å²) in [5.41, 5.74) is 4.39. The first kappa shape index (κ1) is 24.3. The summed E-state index contributed by atoms with van der Waals surface area (Å²) in [6.45, 7) is 6.47. The van der Waals surface area contributed by atoms with Gasteiger partial charge in [0.25, 0.3) is 11.7 Å². The number of hydrogen-bond acceptors (Lipinski definition) is 5. The quantitative estimate of drug-likeness (QED) is 0.221. The van der Waals surface area contributed by atoms with Crippen molar-refractivity contribution < 1.29 is 19.4 Å². The third-order valence-corrected chi connectivity index (χ3v) is 6.82. The van der Waals surface area contributed by atoms with Gasteiger partial charge in [-0.2, -0.15) is 0 Å². The Labute approximate surface area is 215 Å². The monoisotopic (exact) mass is 495 g/mol. The number of aryl methyl sites for hydroxylation is 2. The van der Waals surface area contributed by atoms with Crippen LogP contribution < -0.4 is 4.74 Å². The number of aromatic nitrogens is 2. The van der Waals surface area contributed by atoms with E-state index in [1.54, 1.807) is 4.90 Å². The Bertz CT molecular complexity index is 1520. The number of aliphatic hydroxyl groups is 1. The molecular formula is C30H29N3O4. The summed E-state index contributed by atoms with van der Waals surface area (Å²) in [5.74, 6) is -0.992. The number of carbonyl (C=O) groups excluding carboxylic acids is 2. The van der Waals surface area contributed by atoms with Crippen molar-refractivity contribution in [1.29, 1.82) is 0 Å². The number of Topliss-reactive ketones (excluding diaryl/α,β-unsaturated/α-hetero) is 1. The molecule has 1 atom stereocenters. The van der Waals surface area contributed by atoms with Crippen LogP contribution in [0, 0.1) is 13.8 Å². The molecule has 1 unspecified atom stereocenters. The molecule has 0 bridgehead atoms. The van der Waals surface area contributed by atoms with Gasteiger partial charge < -0.3 is 19.1 Å². The molecule has 7 heteroatoms. The van der Waals surface area contributed by atoms with E-state index in [4.69, 9.17) is 4.74 Å². The van der Waals surface area contributed by atoms with E-state index in [0.29, 0.717) is 47.9 Å². The normalized spacial score (nSPS) is 17.1. The lowest BCUT2D eigenvalue weighted by Crippen LogP contribution is -2.31. The van der Waals surface area contributed by atoms with Crippen LogP contribution in [0.5, 0.6) is 5.75 Å². The topological polar surface area (TPSA) is 84.1 Å². The van der Waals surface area contributed by atoms with Gasteiger partial charge in [-0.25, -0.2) is 4.98 Å². The highest BCUT2D eigenvalue weighted by molar-refractivity contribution is 6.46. The number of nitrogens with zero attached hydrogens (tertiary/aromatic N) is 3. The summed E-state index contributed by atoms with van der Waals surface area (Å²) in [4.78, 5) is 33.0. The Morgan fingerprint density at radius 2 is 1.81 bits per heavy atom. The second-order valence-corrected chi connectivity index (χ2v) is 9.16. The molecule has 0 spiro atoms. The molecule has 37 heavy (non-hydrogen) atoms. The zero-order valence-corrected chi connectivity index (χ0v) is 21.1. The maximum atomic E-state index is 13.5. The molecule has 2 aromatic carbocycles. The maximum Gasteiger partial charge on any atom is 0.295 e. The fraction of sp³-hybridized carbons (Fsp3) is 0.233. The molecule has 1 N–H and O–H groups in total. The number of hydrogen-bond donors (Lipinski definition) is 1. The number of likely N-dealkylation sites (tertiary alicyclic amines) is 1. The van der Waals surface area contributed by atoms with Crippen LogP contribution in [0.25, 0.3) is 11.4 Å². The Hall–Kier alpha value is -4.39. The van der Waals surface area contributed by atoms with Gasteiger partial charge in [0.15, 0.2) is 5.76 Å². The zero-order chi connectivity index (χ0) is 26.1. The Balaban J connectivity index is 1.65. The number of fused-ring (bicyclic) bond motifs is 1. The highest BCUT2D eigenvalue weighted by atomic mass is 16.5. The van der Waals surface area contributed by atoms with E-state index in [0.717, 1.165) is 11.1 Å². The lowest BCUT2D eigenvalue weighted by Gasteiger charge is -2.25. The van der Waals surface area contributed by atoms with Crippen molar-refractivity contribution >= 4 is 23.1 Å². The number of rotatable bonds is 7. The fourth-order valence-corrected chi connectivity index (χ4v) is 4.97. The highest BCUT2D eigenvalue weighted by Gasteiger charge is 2.46.